The Kier molecular flexibility index (Phi) is 4.97. The average molecular weight is 337 g/mol. The number of thiophene rings is 1. The van der Waals surface area contributed by atoms with Crippen molar-refractivity contribution in [3.05, 3.63) is 51.6 Å². The SMILES string of the molecule is O=C(C=Cc1ccco1)N1CCN(Cc2ccc(Cl)s2)CC1. The monoisotopic (exact) mass is 336 g/mol. The van der Waals surface area contributed by atoms with E-state index in [1.54, 1.807) is 35.8 Å². The van der Waals surface area contributed by atoms with Gasteiger partial charge < -0.3 is 9.32 Å². The summed E-state index contributed by atoms with van der Waals surface area (Å²) >= 11 is 7.57. The van der Waals surface area contributed by atoms with E-state index in [4.69, 9.17) is 16.0 Å². The van der Waals surface area contributed by atoms with Gasteiger partial charge in [0.15, 0.2) is 0 Å². The highest BCUT2D eigenvalue weighted by Crippen LogP contribution is 2.23. The van der Waals surface area contributed by atoms with Gasteiger partial charge in [0.1, 0.15) is 5.76 Å². The third kappa shape index (κ3) is 4.00. The number of carbonyl (C=O) groups is 1. The first-order valence-electron chi connectivity index (χ1n) is 7.18. The molecule has 1 fully saturated rings. The van der Waals surface area contributed by atoms with Gasteiger partial charge in [-0.15, -0.1) is 11.3 Å². The maximum atomic E-state index is 12.1. The first kappa shape index (κ1) is 15.3. The van der Waals surface area contributed by atoms with Gasteiger partial charge in [0.25, 0.3) is 0 Å². The molecule has 0 spiro atoms. The highest BCUT2D eigenvalue weighted by molar-refractivity contribution is 7.16. The molecule has 1 saturated heterocycles. The molecular formula is C16H17ClN2O2S. The highest BCUT2D eigenvalue weighted by atomic mass is 35.5. The third-order valence-corrected chi connectivity index (χ3v) is 4.84. The van der Waals surface area contributed by atoms with Crippen molar-refractivity contribution < 1.29 is 9.21 Å². The molecule has 0 unspecified atom stereocenters. The van der Waals surface area contributed by atoms with Crippen LogP contribution < -0.4 is 0 Å². The van der Waals surface area contributed by atoms with Gasteiger partial charge in [0.2, 0.25) is 5.91 Å². The fraction of sp³-hybridized carbons (Fsp3) is 0.312. The Bertz CT molecular complexity index is 643. The summed E-state index contributed by atoms with van der Waals surface area (Å²) < 4.78 is 6.01. The zero-order valence-corrected chi connectivity index (χ0v) is 13.6. The predicted molar refractivity (Wildman–Crippen MR) is 88.9 cm³/mol. The lowest BCUT2D eigenvalue weighted by Crippen LogP contribution is -2.47. The lowest BCUT2D eigenvalue weighted by atomic mass is 10.3. The van der Waals surface area contributed by atoms with Crippen molar-refractivity contribution in [1.82, 2.24) is 9.80 Å². The van der Waals surface area contributed by atoms with Gasteiger partial charge in [-0.1, -0.05) is 11.6 Å². The predicted octanol–water partition coefficient (Wildman–Crippen LogP) is 3.35. The van der Waals surface area contributed by atoms with Crippen molar-refractivity contribution in [3.8, 4) is 0 Å². The minimum atomic E-state index is 0.0372. The standard InChI is InChI=1S/C16H17ClN2O2S/c17-15-5-4-14(22-15)12-18-7-9-19(10-8-18)16(20)6-3-13-2-1-11-21-13/h1-6,11H,7-10,12H2. The van der Waals surface area contributed by atoms with Crippen molar-refractivity contribution in [2.24, 2.45) is 0 Å². The van der Waals surface area contributed by atoms with Gasteiger partial charge >= 0.3 is 0 Å². The molecule has 22 heavy (non-hydrogen) atoms. The topological polar surface area (TPSA) is 36.7 Å². The number of piperazine rings is 1. The molecule has 0 saturated carbocycles. The van der Waals surface area contributed by atoms with Crippen LogP contribution in [0, 0.1) is 0 Å². The molecule has 1 aliphatic heterocycles. The zero-order valence-electron chi connectivity index (χ0n) is 12.1. The van der Waals surface area contributed by atoms with Crippen LogP contribution in [0.1, 0.15) is 10.6 Å². The Morgan fingerprint density at radius 2 is 2.09 bits per heavy atom. The van der Waals surface area contributed by atoms with Crippen molar-refractivity contribution in [2.75, 3.05) is 26.2 Å². The van der Waals surface area contributed by atoms with Gasteiger partial charge in [0, 0.05) is 43.7 Å². The van der Waals surface area contributed by atoms with E-state index in [1.165, 1.54) is 4.88 Å². The Morgan fingerprint density at radius 1 is 1.27 bits per heavy atom. The average Bonchev–Trinajstić information content (AvgIpc) is 3.17. The van der Waals surface area contributed by atoms with Gasteiger partial charge in [-0.2, -0.15) is 0 Å². The van der Waals surface area contributed by atoms with Crippen LogP contribution >= 0.6 is 22.9 Å². The van der Waals surface area contributed by atoms with Gasteiger partial charge in [-0.3, -0.25) is 9.69 Å². The van der Waals surface area contributed by atoms with Crippen LogP contribution in [-0.2, 0) is 11.3 Å². The summed E-state index contributed by atoms with van der Waals surface area (Å²) in [7, 11) is 0. The molecule has 3 heterocycles. The molecular weight excluding hydrogens is 320 g/mol. The lowest BCUT2D eigenvalue weighted by Gasteiger charge is -2.33. The van der Waals surface area contributed by atoms with E-state index in [-0.39, 0.29) is 5.91 Å². The van der Waals surface area contributed by atoms with E-state index in [0.29, 0.717) is 5.76 Å². The molecule has 2 aromatic heterocycles. The fourth-order valence-electron chi connectivity index (χ4n) is 2.43. The third-order valence-electron chi connectivity index (χ3n) is 3.63. The minimum Gasteiger partial charge on any atom is -0.465 e. The number of halogens is 1. The van der Waals surface area contributed by atoms with Crippen LogP contribution in [0.25, 0.3) is 6.08 Å². The summed E-state index contributed by atoms with van der Waals surface area (Å²) in [6.07, 6.45) is 4.88. The molecule has 116 valence electrons. The number of rotatable bonds is 4. The van der Waals surface area contributed by atoms with Crippen LogP contribution in [0.4, 0.5) is 0 Å². The summed E-state index contributed by atoms with van der Waals surface area (Å²) in [4.78, 5) is 17.6. The van der Waals surface area contributed by atoms with Crippen LogP contribution in [-0.4, -0.2) is 41.9 Å². The normalized spacial score (nSPS) is 16.5. The number of carbonyl (C=O) groups excluding carboxylic acids is 1. The molecule has 3 rings (SSSR count). The van der Waals surface area contributed by atoms with E-state index in [9.17, 15) is 4.79 Å². The van der Waals surface area contributed by atoms with Crippen LogP contribution in [0.3, 0.4) is 0 Å². The molecule has 6 heteroatoms. The van der Waals surface area contributed by atoms with Crippen LogP contribution in [0.5, 0.6) is 0 Å². The first-order valence-corrected chi connectivity index (χ1v) is 8.37. The molecule has 4 nitrogen and oxygen atoms in total. The molecule has 0 aliphatic carbocycles. The highest BCUT2D eigenvalue weighted by Gasteiger charge is 2.20. The zero-order chi connectivity index (χ0) is 15.4. The summed E-state index contributed by atoms with van der Waals surface area (Å²) in [6.45, 7) is 4.17. The summed E-state index contributed by atoms with van der Waals surface area (Å²) in [5.74, 6) is 0.733. The quantitative estimate of drug-likeness (QED) is 0.803. The van der Waals surface area contributed by atoms with Gasteiger partial charge in [-0.05, 0) is 30.3 Å². The van der Waals surface area contributed by atoms with Gasteiger partial charge in [0.05, 0.1) is 10.6 Å². The smallest absolute Gasteiger partial charge is 0.246 e. The number of hydrogen-bond acceptors (Lipinski definition) is 4. The van der Waals surface area contributed by atoms with Crippen LogP contribution in [0.15, 0.2) is 41.0 Å². The maximum absolute atomic E-state index is 12.1. The van der Waals surface area contributed by atoms with E-state index in [0.717, 1.165) is 37.1 Å². The molecule has 2 aromatic rings. The largest absolute Gasteiger partial charge is 0.465 e. The Balaban J connectivity index is 1.47. The van der Waals surface area contributed by atoms with Crippen molar-refractivity contribution >= 4 is 34.9 Å². The molecule has 0 N–H and O–H groups in total. The summed E-state index contributed by atoms with van der Waals surface area (Å²) in [5, 5.41) is 0. The Hall–Kier alpha value is -1.56. The summed E-state index contributed by atoms with van der Waals surface area (Å²) in [6, 6.07) is 7.63. The maximum Gasteiger partial charge on any atom is 0.246 e. The van der Waals surface area contributed by atoms with Crippen LogP contribution in [0.2, 0.25) is 4.34 Å². The molecule has 1 amide bonds. The number of nitrogens with zero attached hydrogens (tertiary/aromatic N) is 2. The molecule has 1 aliphatic rings. The van der Waals surface area contributed by atoms with E-state index in [2.05, 4.69) is 11.0 Å². The summed E-state index contributed by atoms with van der Waals surface area (Å²) in [5.41, 5.74) is 0. The first-order chi connectivity index (χ1) is 10.7. The molecule has 0 aromatic carbocycles. The Morgan fingerprint density at radius 3 is 2.73 bits per heavy atom. The molecule has 0 radical (unpaired) electrons. The van der Waals surface area contributed by atoms with Crippen molar-refractivity contribution in [1.29, 1.82) is 0 Å². The lowest BCUT2D eigenvalue weighted by molar-refractivity contribution is -0.127. The number of amides is 1. The second kappa shape index (κ2) is 7.13. The Labute approximate surface area is 138 Å². The van der Waals surface area contributed by atoms with Crippen molar-refractivity contribution in [2.45, 2.75) is 6.54 Å². The molecule has 0 bridgehead atoms. The van der Waals surface area contributed by atoms with Gasteiger partial charge in [-0.25, -0.2) is 0 Å². The second-order valence-electron chi connectivity index (χ2n) is 5.16. The van der Waals surface area contributed by atoms with E-state index < -0.39 is 0 Å². The minimum absolute atomic E-state index is 0.0372. The number of furan rings is 1. The van der Waals surface area contributed by atoms with E-state index in [1.807, 2.05) is 17.0 Å². The molecule has 0 atom stereocenters. The van der Waals surface area contributed by atoms with Crippen molar-refractivity contribution in [3.63, 3.8) is 0 Å². The fourth-order valence-corrected chi connectivity index (χ4v) is 3.56. The number of hydrogen-bond donors (Lipinski definition) is 0. The van der Waals surface area contributed by atoms with E-state index >= 15 is 0 Å². The second-order valence-corrected chi connectivity index (χ2v) is 6.96.